The summed E-state index contributed by atoms with van der Waals surface area (Å²) in [5, 5.41) is 17.5. The number of ether oxygens (including phenoxy) is 1. The van der Waals surface area contributed by atoms with Crippen molar-refractivity contribution in [1.29, 1.82) is 0 Å². The highest BCUT2D eigenvalue weighted by Crippen LogP contribution is 2.28. The van der Waals surface area contributed by atoms with Crippen molar-refractivity contribution in [1.82, 2.24) is 15.8 Å². The number of amides is 2. The number of nitrogens with one attached hydrogen (secondary N) is 4. The minimum atomic E-state index is -0.690. The molecule has 0 spiro atoms. The maximum absolute atomic E-state index is 12.4. The molecule has 176 valence electrons. The number of benzene rings is 2. The van der Waals surface area contributed by atoms with Crippen LogP contribution in [0, 0.1) is 10.1 Å². The van der Waals surface area contributed by atoms with Gasteiger partial charge in [0.25, 0.3) is 17.5 Å². The number of carbonyl (C=O) groups excluding carboxylic acids is 2. The van der Waals surface area contributed by atoms with Crippen LogP contribution in [-0.2, 0) is 4.79 Å². The number of hydrogen-bond donors (Lipinski definition) is 4. The zero-order valence-corrected chi connectivity index (χ0v) is 18.6. The largest absolute Gasteiger partial charge is 0.497 e. The molecular weight excluding hydrogens is 440 g/mol. The van der Waals surface area contributed by atoms with Crippen molar-refractivity contribution in [3.05, 3.63) is 88.2 Å². The summed E-state index contributed by atoms with van der Waals surface area (Å²) >= 11 is 0. The van der Waals surface area contributed by atoms with Gasteiger partial charge in [0.2, 0.25) is 0 Å². The van der Waals surface area contributed by atoms with Crippen molar-refractivity contribution in [2.75, 3.05) is 24.3 Å². The van der Waals surface area contributed by atoms with E-state index in [1.165, 1.54) is 12.1 Å². The molecule has 0 radical (unpaired) electrons. The minimum Gasteiger partial charge on any atom is -0.497 e. The van der Waals surface area contributed by atoms with Gasteiger partial charge in [-0.1, -0.05) is 6.07 Å². The standard InChI is InChI=1S/C23H24N6O5/c1-15(19-5-3-4-12-24-19)26-20-11-6-16(13-21(20)29(32)33)23(31)28-27-22(30)14-25-17-7-9-18(34-2)10-8-17/h3-13,15,25-26H,14H2,1-2H3,(H,27,30)(H,28,31). The smallest absolute Gasteiger partial charge is 0.293 e. The van der Waals surface area contributed by atoms with E-state index in [1.54, 1.807) is 49.7 Å². The van der Waals surface area contributed by atoms with Gasteiger partial charge in [0.15, 0.2) is 0 Å². The van der Waals surface area contributed by atoms with Crippen LogP contribution in [-0.4, -0.2) is 35.4 Å². The summed E-state index contributed by atoms with van der Waals surface area (Å²) in [6.45, 7) is 1.73. The van der Waals surface area contributed by atoms with Gasteiger partial charge < -0.3 is 15.4 Å². The number of aromatic nitrogens is 1. The molecule has 1 unspecified atom stereocenters. The van der Waals surface area contributed by atoms with Gasteiger partial charge in [-0.15, -0.1) is 0 Å². The number of nitrogens with zero attached hydrogens (tertiary/aromatic N) is 2. The monoisotopic (exact) mass is 464 g/mol. The second-order valence-corrected chi connectivity index (χ2v) is 7.19. The Bertz CT molecular complexity index is 1150. The van der Waals surface area contributed by atoms with Crippen LogP contribution in [0.25, 0.3) is 0 Å². The van der Waals surface area contributed by atoms with E-state index in [1.807, 2.05) is 13.0 Å². The highest BCUT2D eigenvalue weighted by molar-refractivity contribution is 5.97. The van der Waals surface area contributed by atoms with E-state index in [0.717, 1.165) is 6.07 Å². The van der Waals surface area contributed by atoms with Gasteiger partial charge in [-0.05, 0) is 55.5 Å². The first-order valence-corrected chi connectivity index (χ1v) is 10.3. The second kappa shape index (κ2) is 11.3. The van der Waals surface area contributed by atoms with Gasteiger partial charge in [-0.2, -0.15) is 0 Å². The fourth-order valence-electron chi connectivity index (χ4n) is 3.02. The summed E-state index contributed by atoms with van der Waals surface area (Å²) in [7, 11) is 1.56. The summed E-state index contributed by atoms with van der Waals surface area (Å²) in [5.74, 6) is -0.505. The van der Waals surface area contributed by atoms with Crippen LogP contribution >= 0.6 is 0 Å². The van der Waals surface area contributed by atoms with E-state index in [9.17, 15) is 19.7 Å². The number of methoxy groups -OCH3 is 1. The predicted octanol–water partition coefficient (Wildman–Crippen LogP) is 3.04. The molecule has 1 aromatic heterocycles. The summed E-state index contributed by atoms with van der Waals surface area (Å²) in [5.41, 5.74) is 5.92. The average Bonchev–Trinajstić information content (AvgIpc) is 2.86. The number of rotatable bonds is 9. The van der Waals surface area contributed by atoms with Gasteiger partial charge in [0, 0.05) is 23.5 Å². The lowest BCUT2D eigenvalue weighted by Crippen LogP contribution is -2.44. The summed E-state index contributed by atoms with van der Waals surface area (Å²) < 4.78 is 5.07. The molecule has 0 aliphatic heterocycles. The van der Waals surface area contributed by atoms with Crippen LogP contribution in [0.5, 0.6) is 5.75 Å². The highest BCUT2D eigenvalue weighted by Gasteiger charge is 2.20. The van der Waals surface area contributed by atoms with Gasteiger partial charge in [-0.25, -0.2) is 0 Å². The molecule has 3 rings (SSSR count). The number of pyridine rings is 1. The second-order valence-electron chi connectivity index (χ2n) is 7.19. The van der Waals surface area contributed by atoms with Crippen LogP contribution < -0.4 is 26.2 Å². The Labute approximate surface area is 195 Å². The van der Waals surface area contributed by atoms with E-state index >= 15 is 0 Å². The number of anilines is 2. The summed E-state index contributed by atoms with van der Waals surface area (Å²) in [6.07, 6.45) is 1.64. The molecule has 11 heteroatoms. The zero-order chi connectivity index (χ0) is 24.5. The van der Waals surface area contributed by atoms with Crippen molar-refractivity contribution >= 4 is 28.9 Å². The normalized spacial score (nSPS) is 11.1. The molecule has 0 saturated carbocycles. The van der Waals surface area contributed by atoms with Crippen molar-refractivity contribution in [2.24, 2.45) is 0 Å². The molecule has 1 atom stereocenters. The maximum Gasteiger partial charge on any atom is 0.293 e. The van der Waals surface area contributed by atoms with Gasteiger partial charge in [0.05, 0.1) is 30.3 Å². The van der Waals surface area contributed by atoms with Gasteiger partial charge in [-0.3, -0.25) is 35.5 Å². The Hall–Kier alpha value is -4.67. The first kappa shape index (κ1) is 24.0. The van der Waals surface area contributed by atoms with Crippen LogP contribution in [0.4, 0.5) is 17.1 Å². The van der Waals surface area contributed by atoms with Crippen LogP contribution in [0.15, 0.2) is 66.9 Å². The third kappa shape index (κ3) is 6.42. The fourth-order valence-corrected chi connectivity index (χ4v) is 3.02. The van der Waals surface area contributed by atoms with Crippen molar-refractivity contribution in [2.45, 2.75) is 13.0 Å². The van der Waals surface area contributed by atoms with Crippen LogP contribution in [0.3, 0.4) is 0 Å². The molecule has 1 heterocycles. The van der Waals surface area contributed by atoms with E-state index in [2.05, 4.69) is 26.5 Å². The molecule has 11 nitrogen and oxygen atoms in total. The lowest BCUT2D eigenvalue weighted by atomic mass is 10.1. The topological polar surface area (TPSA) is 148 Å². The maximum atomic E-state index is 12.4. The Morgan fingerprint density at radius 3 is 2.50 bits per heavy atom. The molecule has 4 N–H and O–H groups in total. The van der Waals surface area contributed by atoms with Crippen molar-refractivity contribution < 1.29 is 19.2 Å². The summed E-state index contributed by atoms with van der Waals surface area (Å²) in [4.78, 5) is 39.7. The molecule has 0 saturated heterocycles. The number of nitro benzene ring substituents is 1. The van der Waals surface area contributed by atoms with E-state index in [-0.39, 0.29) is 29.5 Å². The lowest BCUT2D eigenvalue weighted by Gasteiger charge is -2.15. The number of carbonyl (C=O) groups is 2. The number of hydrogen-bond acceptors (Lipinski definition) is 8. The average molecular weight is 464 g/mol. The third-order valence-corrected chi connectivity index (χ3v) is 4.82. The molecular formula is C23H24N6O5. The minimum absolute atomic E-state index is 0.0196. The Kier molecular flexibility index (Phi) is 7.95. The first-order chi connectivity index (χ1) is 16.4. The van der Waals surface area contributed by atoms with E-state index in [0.29, 0.717) is 17.1 Å². The molecule has 3 aromatic rings. The quantitative estimate of drug-likeness (QED) is 0.279. The predicted molar refractivity (Wildman–Crippen MR) is 126 cm³/mol. The Morgan fingerprint density at radius 2 is 1.85 bits per heavy atom. The number of nitro groups is 1. The molecule has 0 aliphatic rings. The van der Waals surface area contributed by atoms with Gasteiger partial charge in [0.1, 0.15) is 11.4 Å². The first-order valence-electron chi connectivity index (χ1n) is 10.3. The molecule has 34 heavy (non-hydrogen) atoms. The van der Waals surface area contributed by atoms with Gasteiger partial charge >= 0.3 is 0 Å². The van der Waals surface area contributed by atoms with Crippen molar-refractivity contribution in [3.8, 4) is 5.75 Å². The fraction of sp³-hybridized carbons (Fsp3) is 0.174. The molecule has 2 amide bonds. The molecule has 0 fully saturated rings. The summed E-state index contributed by atoms with van der Waals surface area (Å²) in [6, 6.07) is 16.1. The van der Waals surface area contributed by atoms with Crippen LogP contribution in [0.1, 0.15) is 29.0 Å². The molecule has 0 bridgehead atoms. The Morgan fingerprint density at radius 1 is 1.09 bits per heavy atom. The Balaban J connectivity index is 1.58. The SMILES string of the molecule is COc1ccc(NCC(=O)NNC(=O)c2ccc(NC(C)c3ccccn3)c([N+](=O)[O-])c2)cc1. The van der Waals surface area contributed by atoms with E-state index in [4.69, 9.17) is 4.74 Å². The van der Waals surface area contributed by atoms with Crippen molar-refractivity contribution in [3.63, 3.8) is 0 Å². The van der Waals surface area contributed by atoms with Crippen LogP contribution in [0.2, 0.25) is 0 Å². The molecule has 2 aromatic carbocycles. The number of hydrazine groups is 1. The van der Waals surface area contributed by atoms with E-state index < -0.39 is 16.7 Å². The molecule has 0 aliphatic carbocycles. The third-order valence-electron chi connectivity index (χ3n) is 4.82. The zero-order valence-electron chi connectivity index (χ0n) is 18.6. The highest BCUT2D eigenvalue weighted by atomic mass is 16.6. The lowest BCUT2D eigenvalue weighted by molar-refractivity contribution is -0.384.